The van der Waals surface area contributed by atoms with Crippen LogP contribution in [0, 0.1) is 6.92 Å². The van der Waals surface area contributed by atoms with E-state index in [-0.39, 0.29) is 23.5 Å². The minimum atomic E-state index is -3.05. The normalized spacial score (nSPS) is 18.5. The minimum Gasteiger partial charge on any atom is -0.305 e. The molecule has 1 aromatic carbocycles. The average Bonchev–Trinajstić information content (AvgIpc) is 3.34. The average molecular weight is 385 g/mol. The van der Waals surface area contributed by atoms with Gasteiger partial charge in [-0.15, -0.1) is 0 Å². The molecule has 1 aliphatic rings. The summed E-state index contributed by atoms with van der Waals surface area (Å²) in [6, 6.07) is 12.7. The molecule has 1 fully saturated rings. The summed E-state index contributed by atoms with van der Waals surface area (Å²) in [6.07, 6.45) is 0.495. The molecule has 1 saturated heterocycles. The molecule has 0 bridgehead atoms. The van der Waals surface area contributed by atoms with E-state index in [1.54, 1.807) is 23.7 Å². The molecule has 3 heterocycles. The van der Waals surface area contributed by atoms with E-state index in [4.69, 9.17) is 0 Å². The van der Waals surface area contributed by atoms with Crippen LogP contribution in [-0.2, 0) is 9.84 Å². The number of carbonyl (C=O) groups is 1. The quantitative estimate of drug-likeness (QED) is 0.715. The van der Waals surface area contributed by atoms with Crippen LogP contribution < -0.4 is 5.32 Å². The molecule has 9 heteroatoms. The summed E-state index contributed by atoms with van der Waals surface area (Å²) >= 11 is 0. The van der Waals surface area contributed by atoms with Gasteiger partial charge in [-0.05, 0) is 19.4 Å². The number of nitrogens with one attached hydrogen (secondary N) is 2. The number of benzene rings is 1. The molecule has 1 aliphatic heterocycles. The van der Waals surface area contributed by atoms with Gasteiger partial charge in [0, 0.05) is 11.6 Å². The first kappa shape index (κ1) is 17.5. The Morgan fingerprint density at radius 3 is 2.74 bits per heavy atom. The number of hydrogen-bond donors (Lipinski definition) is 2. The molecule has 8 nitrogen and oxygen atoms in total. The number of carbonyl (C=O) groups excluding carboxylic acids is 1. The first-order chi connectivity index (χ1) is 12.9. The fraction of sp³-hybridized carbons (Fsp3) is 0.278. The lowest BCUT2D eigenvalue weighted by atomic mass is 10.1. The van der Waals surface area contributed by atoms with Crippen LogP contribution in [0.4, 0.5) is 5.82 Å². The van der Waals surface area contributed by atoms with Crippen molar-refractivity contribution in [2.45, 2.75) is 19.4 Å². The van der Waals surface area contributed by atoms with Gasteiger partial charge in [0.1, 0.15) is 11.5 Å². The highest BCUT2D eigenvalue weighted by Crippen LogP contribution is 2.27. The van der Waals surface area contributed by atoms with Crippen LogP contribution >= 0.6 is 0 Å². The topological polar surface area (TPSA) is 110 Å². The van der Waals surface area contributed by atoms with Crippen molar-refractivity contribution in [3.8, 4) is 11.3 Å². The van der Waals surface area contributed by atoms with E-state index in [0.717, 1.165) is 5.56 Å². The van der Waals surface area contributed by atoms with Crippen molar-refractivity contribution < 1.29 is 13.2 Å². The van der Waals surface area contributed by atoms with Crippen molar-refractivity contribution in [2.75, 3.05) is 16.8 Å². The molecular weight excluding hydrogens is 366 g/mol. The van der Waals surface area contributed by atoms with Gasteiger partial charge in [0.15, 0.2) is 9.84 Å². The molecule has 27 heavy (non-hydrogen) atoms. The molecule has 4 rings (SSSR count). The van der Waals surface area contributed by atoms with Crippen LogP contribution in [0.15, 0.2) is 42.5 Å². The number of sulfone groups is 1. The van der Waals surface area contributed by atoms with Crippen molar-refractivity contribution >= 4 is 21.6 Å². The van der Waals surface area contributed by atoms with E-state index in [2.05, 4.69) is 20.6 Å². The standard InChI is InChI=1S/C18H19N5O3S/c1-12-9-17(23(22-12)14-7-8-27(25,26)11-14)19-18(24)16-10-15(20-21-16)13-5-3-2-4-6-13/h2-6,9-10,14H,7-8,11H2,1H3,(H,19,24)(H,20,21)/t14-/m0/s1. The molecule has 2 aromatic heterocycles. The number of H-pyrrole nitrogens is 1. The van der Waals surface area contributed by atoms with Gasteiger partial charge in [0.25, 0.3) is 5.91 Å². The van der Waals surface area contributed by atoms with Crippen molar-refractivity contribution in [1.82, 2.24) is 20.0 Å². The predicted molar refractivity (Wildman–Crippen MR) is 101 cm³/mol. The van der Waals surface area contributed by atoms with Gasteiger partial charge < -0.3 is 5.32 Å². The zero-order valence-electron chi connectivity index (χ0n) is 14.7. The maximum absolute atomic E-state index is 12.6. The molecule has 3 aromatic rings. The molecule has 0 aliphatic carbocycles. The Kier molecular flexibility index (Phi) is 4.31. The second-order valence-corrected chi connectivity index (χ2v) is 8.89. The summed E-state index contributed by atoms with van der Waals surface area (Å²) in [7, 11) is -3.05. The number of anilines is 1. The second-order valence-electron chi connectivity index (χ2n) is 6.66. The lowest BCUT2D eigenvalue weighted by molar-refractivity contribution is 0.102. The lowest BCUT2D eigenvalue weighted by Gasteiger charge is -2.13. The monoisotopic (exact) mass is 385 g/mol. The number of rotatable bonds is 4. The van der Waals surface area contributed by atoms with Crippen molar-refractivity contribution in [3.63, 3.8) is 0 Å². The third-order valence-corrected chi connectivity index (χ3v) is 6.30. The zero-order chi connectivity index (χ0) is 19.0. The summed E-state index contributed by atoms with van der Waals surface area (Å²) in [6.45, 7) is 1.80. The van der Waals surface area contributed by atoms with Crippen LogP contribution in [-0.4, -0.2) is 45.8 Å². The molecule has 1 atom stereocenters. The SMILES string of the molecule is Cc1cc(NC(=O)c2cc(-c3ccccc3)n[nH]2)n([C@H]2CCS(=O)(=O)C2)n1. The molecule has 1 amide bonds. The summed E-state index contributed by atoms with van der Waals surface area (Å²) in [5, 5.41) is 14.1. The van der Waals surface area contributed by atoms with Crippen LogP contribution in [0.1, 0.15) is 28.6 Å². The van der Waals surface area contributed by atoms with Gasteiger partial charge in [-0.25, -0.2) is 13.1 Å². The van der Waals surface area contributed by atoms with E-state index in [1.165, 1.54) is 0 Å². The molecule has 0 saturated carbocycles. The molecule has 140 valence electrons. The molecule has 0 spiro atoms. The first-order valence-corrected chi connectivity index (χ1v) is 10.4. The highest BCUT2D eigenvalue weighted by molar-refractivity contribution is 7.91. The molecule has 0 unspecified atom stereocenters. The number of aromatic amines is 1. The third kappa shape index (κ3) is 3.63. The van der Waals surface area contributed by atoms with E-state index < -0.39 is 9.84 Å². The van der Waals surface area contributed by atoms with Crippen LogP contribution in [0.25, 0.3) is 11.3 Å². The smallest absolute Gasteiger partial charge is 0.274 e. The van der Waals surface area contributed by atoms with Crippen molar-refractivity contribution in [2.24, 2.45) is 0 Å². The van der Waals surface area contributed by atoms with Crippen molar-refractivity contribution in [3.05, 3.63) is 53.9 Å². The lowest BCUT2D eigenvalue weighted by Crippen LogP contribution is -2.19. The zero-order valence-corrected chi connectivity index (χ0v) is 15.5. The number of hydrogen-bond acceptors (Lipinski definition) is 5. The largest absolute Gasteiger partial charge is 0.305 e. The number of aryl methyl sites for hydroxylation is 1. The summed E-state index contributed by atoms with van der Waals surface area (Å²) in [5.74, 6) is 0.312. The molecular formula is C18H19N5O3S. The predicted octanol–water partition coefficient (Wildman–Crippen LogP) is 2.19. The van der Waals surface area contributed by atoms with E-state index >= 15 is 0 Å². The Bertz CT molecular complexity index is 1090. The number of aromatic nitrogens is 4. The van der Waals surface area contributed by atoms with E-state index in [9.17, 15) is 13.2 Å². The van der Waals surface area contributed by atoms with Crippen LogP contribution in [0.3, 0.4) is 0 Å². The third-order valence-electron chi connectivity index (χ3n) is 4.55. The second kappa shape index (κ2) is 6.66. The van der Waals surface area contributed by atoms with Crippen LogP contribution in [0.5, 0.6) is 0 Å². The Balaban J connectivity index is 1.55. The van der Waals surface area contributed by atoms with E-state index in [0.29, 0.717) is 29.3 Å². The summed E-state index contributed by atoms with van der Waals surface area (Å²) in [4.78, 5) is 12.6. The number of amides is 1. The van der Waals surface area contributed by atoms with Gasteiger partial charge in [-0.1, -0.05) is 30.3 Å². The fourth-order valence-corrected chi connectivity index (χ4v) is 4.93. The maximum atomic E-state index is 12.6. The minimum absolute atomic E-state index is 0.0409. The van der Waals surface area contributed by atoms with Crippen molar-refractivity contribution in [1.29, 1.82) is 0 Å². The Morgan fingerprint density at radius 2 is 2.04 bits per heavy atom. The summed E-state index contributed by atoms with van der Waals surface area (Å²) in [5.41, 5.74) is 2.61. The Morgan fingerprint density at radius 1 is 1.26 bits per heavy atom. The number of nitrogens with zero attached hydrogens (tertiary/aromatic N) is 3. The van der Waals surface area contributed by atoms with Gasteiger partial charge in [-0.2, -0.15) is 10.2 Å². The Labute approximate surface area is 156 Å². The highest BCUT2D eigenvalue weighted by atomic mass is 32.2. The maximum Gasteiger partial charge on any atom is 0.274 e. The summed E-state index contributed by atoms with van der Waals surface area (Å²) < 4.78 is 25.1. The van der Waals surface area contributed by atoms with Gasteiger partial charge in [0.2, 0.25) is 0 Å². The highest BCUT2D eigenvalue weighted by Gasteiger charge is 2.31. The van der Waals surface area contributed by atoms with Crippen LogP contribution in [0.2, 0.25) is 0 Å². The first-order valence-electron chi connectivity index (χ1n) is 8.60. The Hall–Kier alpha value is -2.94. The molecule has 2 N–H and O–H groups in total. The van der Waals surface area contributed by atoms with Gasteiger partial charge >= 0.3 is 0 Å². The van der Waals surface area contributed by atoms with E-state index in [1.807, 2.05) is 30.3 Å². The molecule has 0 radical (unpaired) electrons. The van der Waals surface area contributed by atoms with Gasteiger partial charge in [0.05, 0.1) is 28.9 Å². The van der Waals surface area contributed by atoms with Gasteiger partial charge in [-0.3, -0.25) is 9.89 Å². The fourth-order valence-electron chi connectivity index (χ4n) is 3.24.